The minimum Gasteiger partial charge on any atom is -0.346 e. The van der Waals surface area contributed by atoms with Crippen LogP contribution < -0.4 is 0 Å². The molecule has 1 N–H and O–H groups in total. The normalized spacial score (nSPS) is 19.2. The van der Waals surface area contributed by atoms with E-state index in [1.54, 1.807) is 0 Å². The summed E-state index contributed by atoms with van der Waals surface area (Å²) < 4.78 is 0. The van der Waals surface area contributed by atoms with Crippen molar-refractivity contribution in [3.63, 3.8) is 0 Å². The summed E-state index contributed by atoms with van der Waals surface area (Å²) in [5.41, 5.74) is 3.64. The molecular formula is C19H22N4. The Kier molecular flexibility index (Phi) is 4.07. The van der Waals surface area contributed by atoms with Gasteiger partial charge in [-0.05, 0) is 61.1 Å². The summed E-state index contributed by atoms with van der Waals surface area (Å²) >= 11 is 0. The second-order valence-corrected chi connectivity index (χ2v) is 6.57. The molecule has 4 heterocycles. The number of nitrogens with one attached hydrogen (secondary N) is 1. The maximum absolute atomic E-state index is 4.52. The van der Waals surface area contributed by atoms with Crippen LogP contribution >= 0.6 is 0 Å². The zero-order valence-corrected chi connectivity index (χ0v) is 13.3. The van der Waals surface area contributed by atoms with E-state index in [1.165, 1.54) is 42.4 Å². The van der Waals surface area contributed by atoms with E-state index in [4.69, 9.17) is 0 Å². The van der Waals surface area contributed by atoms with Crippen molar-refractivity contribution in [2.24, 2.45) is 5.92 Å². The third kappa shape index (κ3) is 3.42. The van der Waals surface area contributed by atoms with Crippen LogP contribution in [-0.2, 0) is 13.0 Å². The lowest BCUT2D eigenvalue weighted by molar-refractivity contribution is 0.167. The molecule has 1 atom stereocenters. The molecule has 0 saturated carbocycles. The highest BCUT2D eigenvalue weighted by atomic mass is 15.1. The van der Waals surface area contributed by atoms with E-state index >= 15 is 0 Å². The summed E-state index contributed by atoms with van der Waals surface area (Å²) in [6.45, 7) is 3.37. The Morgan fingerprint density at radius 3 is 3.13 bits per heavy atom. The van der Waals surface area contributed by atoms with Crippen LogP contribution in [0.25, 0.3) is 11.0 Å². The Hall–Kier alpha value is -2.20. The van der Waals surface area contributed by atoms with E-state index in [1.807, 2.05) is 30.9 Å². The van der Waals surface area contributed by atoms with Crippen molar-refractivity contribution in [2.45, 2.75) is 25.8 Å². The number of piperidine rings is 1. The van der Waals surface area contributed by atoms with E-state index in [0.29, 0.717) is 0 Å². The fraction of sp³-hybridized carbons (Fsp3) is 0.368. The summed E-state index contributed by atoms with van der Waals surface area (Å²) in [6, 6.07) is 8.56. The number of aromatic nitrogens is 3. The lowest BCUT2D eigenvalue weighted by Gasteiger charge is -2.32. The lowest BCUT2D eigenvalue weighted by Crippen LogP contribution is -2.35. The summed E-state index contributed by atoms with van der Waals surface area (Å²) in [7, 11) is 0. The highest BCUT2D eigenvalue weighted by Crippen LogP contribution is 2.23. The monoisotopic (exact) mass is 306 g/mol. The number of fused-ring (bicyclic) bond motifs is 1. The van der Waals surface area contributed by atoms with Crippen LogP contribution in [0.2, 0.25) is 0 Å². The minimum absolute atomic E-state index is 0.721. The smallest absolute Gasteiger partial charge is 0.137 e. The number of likely N-dealkylation sites (tertiary alicyclic amines) is 1. The molecule has 23 heavy (non-hydrogen) atoms. The maximum Gasteiger partial charge on any atom is 0.137 e. The highest BCUT2D eigenvalue weighted by molar-refractivity contribution is 5.75. The molecule has 1 saturated heterocycles. The number of aromatic amines is 1. The van der Waals surface area contributed by atoms with Gasteiger partial charge in [0, 0.05) is 43.3 Å². The Labute approximate surface area is 136 Å². The Morgan fingerprint density at radius 1 is 1.22 bits per heavy atom. The molecule has 4 heteroatoms. The molecule has 0 aromatic carbocycles. The van der Waals surface area contributed by atoms with Gasteiger partial charge in [0.15, 0.2) is 0 Å². The number of hydrogen-bond donors (Lipinski definition) is 1. The van der Waals surface area contributed by atoms with E-state index < -0.39 is 0 Å². The number of pyridine rings is 2. The SMILES string of the molecule is c1cncc(CN2CCC[C@@H](Cc3cnc4[nH]ccc4c3)C2)c1. The van der Waals surface area contributed by atoms with E-state index in [0.717, 1.165) is 24.5 Å². The summed E-state index contributed by atoms with van der Waals surface area (Å²) in [5, 5.41) is 1.21. The predicted octanol–water partition coefficient (Wildman–Crippen LogP) is 3.41. The van der Waals surface area contributed by atoms with Gasteiger partial charge in [-0.3, -0.25) is 9.88 Å². The fourth-order valence-corrected chi connectivity index (χ4v) is 3.64. The number of H-pyrrole nitrogens is 1. The molecule has 3 aromatic rings. The number of nitrogens with zero attached hydrogens (tertiary/aromatic N) is 3. The molecule has 4 rings (SSSR count). The van der Waals surface area contributed by atoms with Crippen molar-refractivity contribution in [2.75, 3.05) is 13.1 Å². The highest BCUT2D eigenvalue weighted by Gasteiger charge is 2.20. The third-order valence-electron chi connectivity index (χ3n) is 4.71. The van der Waals surface area contributed by atoms with Crippen molar-refractivity contribution in [1.29, 1.82) is 0 Å². The summed E-state index contributed by atoms with van der Waals surface area (Å²) in [6.07, 6.45) is 11.5. The lowest BCUT2D eigenvalue weighted by atomic mass is 9.91. The molecule has 0 radical (unpaired) electrons. The molecule has 4 nitrogen and oxygen atoms in total. The first-order valence-electron chi connectivity index (χ1n) is 8.40. The average Bonchev–Trinajstić information content (AvgIpc) is 3.04. The molecule has 3 aromatic heterocycles. The first kappa shape index (κ1) is 14.4. The first-order valence-corrected chi connectivity index (χ1v) is 8.40. The first-order chi connectivity index (χ1) is 11.4. The van der Waals surface area contributed by atoms with Crippen LogP contribution in [0, 0.1) is 5.92 Å². The molecule has 0 unspecified atom stereocenters. The molecule has 0 bridgehead atoms. The van der Waals surface area contributed by atoms with Gasteiger partial charge in [0.05, 0.1) is 0 Å². The van der Waals surface area contributed by atoms with Gasteiger partial charge < -0.3 is 4.98 Å². The van der Waals surface area contributed by atoms with Crippen LogP contribution in [0.4, 0.5) is 0 Å². The standard InChI is InChI=1S/C19H22N4/c1-3-16(11-20-6-1)14-23-8-2-4-15(13-23)9-17-10-18-5-7-21-19(18)22-12-17/h1,3,5-7,10-12,15H,2,4,8-9,13-14H2,(H,21,22)/t15-/m0/s1. The van der Waals surface area contributed by atoms with Crippen LogP contribution in [0.1, 0.15) is 24.0 Å². The van der Waals surface area contributed by atoms with Crippen LogP contribution in [0.3, 0.4) is 0 Å². The maximum atomic E-state index is 4.52. The Balaban J connectivity index is 1.40. The fourth-order valence-electron chi connectivity index (χ4n) is 3.64. The topological polar surface area (TPSA) is 44.8 Å². The van der Waals surface area contributed by atoms with E-state index in [2.05, 4.69) is 38.1 Å². The molecule has 0 aliphatic carbocycles. The van der Waals surface area contributed by atoms with Gasteiger partial charge in [-0.1, -0.05) is 6.07 Å². The third-order valence-corrected chi connectivity index (χ3v) is 4.71. The molecule has 1 fully saturated rings. The second-order valence-electron chi connectivity index (χ2n) is 6.57. The Bertz CT molecular complexity index is 765. The molecule has 1 aliphatic heterocycles. The van der Waals surface area contributed by atoms with Crippen molar-refractivity contribution >= 4 is 11.0 Å². The average molecular weight is 306 g/mol. The van der Waals surface area contributed by atoms with Gasteiger partial charge in [-0.25, -0.2) is 4.98 Å². The van der Waals surface area contributed by atoms with Gasteiger partial charge in [0.2, 0.25) is 0 Å². The summed E-state index contributed by atoms with van der Waals surface area (Å²) in [4.78, 5) is 14.5. The zero-order valence-electron chi connectivity index (χ0n) is 13.3. The van der Waals surface area contributed by atoms with E-state index in [9.17, 15) is 0 Å². The van der Waals surface area contributed by atoms with Crippen molar-refractivity contribution < 1.29 is 0 Å². The minimum atomic E-state index is 0.721. The quantitative estimate of drug-likeness (QED) is 0.803. The molecule has 118 valence electrons. The van der Waals surface area contributed by atoms with Gasteiger partial charge in [-0.2, -0.15) is 0 Å². The van der Waals surface area contributed by atoms with E-state index in [-0.39, 0.29) is 0 Å². The number of rotatable bonds is 4. The van der Waals surface area contributed by atoms with Gasteiger partial charge in [-0.15, -0.1) is 0 Å². The van der Waals surface area contributed by atoms with Crippen LogP contribution in [0.5, 0.6) is 0 Å². The van der Waals surface area contributed by atoms with Crippen LogP contribution in [0.15, 0.2) is 49.1 Å². The molecule has 0 amide bonds. The van der Waals surface area contributed by atoms with Gasteiger partial charge in [0.1, 0.15) is 5.65 Å². The van der Waals surface area contributed by atoms with Gasteiger partial charge >= 0.3 is 0 Å². The van der Waals surface area contributed by atoms with Gasteiger partial charge in [0.25, 0.3) is 0 Å². The Morgan fingerprint density at radius 2 is 2.22 bits per heavy atom. The zero-order chi connectivity index (χ0) is 15.5. The van der Waals surface area contributed by atoms with Crippen molar-refractivity contribution in [3.8, 4) is 0 Å². The predicted molar refractivity (Wildman–Crippen MR) is 92.0 cm³/mol. The second kappa shape index (κ2) is 6.50. The molecule has 1 aliphatic rings. The van der Waals surface area contributed by atoms with Crippen LogP contribution in [-0.4, -0.2) is 32.9 Å². The summed E-state index contributed by atoms with van der Waals surface area (Å²) in [5.74, 6) is 0.721. The number of hydrogen-bond acceptors (Lipinski definition) is 3. The molecular weight excluding hydrogens is 284 g/mol. The molecule has 0 spiro atoms. The van der Waals surface area contributed by atoms with Crippen molar-refractivity contribution in [1.82, 2.24) is 19.9 Å². The van der Waals surface area contributed by atoms with Crippen molar-refractivity contribution in [3.05, 3.63) is 60.2 Å². The largest absolute Gasteiger partial charge is 0.346 e.